The van der Waals surface area contributed by atoms with Crippen molar-refractivity contribution in [1.29, 1.82) is 0 Å². The van der Waals surface area contributed by atoms with Gasteiger partial charge in [-0.15, -0.1) is 0 Å². The summed E-state index contributed by atoms with van der Waals surface area (Å²) in [6, 6.07) is 1.42. The molecule has 0 aromatic carbocycles. The molecule has 46 heavy (non-hydrogen) atoms. The minimum Gasteiger partial charge on any atom is -0.463 e. The third-order valence-electron chi connectivity index (χ3n) is 7.19. The maximum Gasteiger partial charge on any atom is 0.353 e. The number of carbonyl (C=O) groups excluding carboxylic acids is 4. The molecule has 246 valence electrons. The van der Waals surface area contributed by atoms with Gasteiger partial charge in [0.05, 0.1) is 10.9 Å². The van der Waals surface area contributed by atoms with E-state index in [1.165, 1.54) is 46.2 Å². The van der Waals surface area contributed by atoms with Gasteiger partial charge in [-0.25, -0.2) is 9.59 Å². The molecule has 2 aliphatic rings. The van der Waals surface area contributed by atoms with Crippen molar-refractivity contribution in [3.8, 4) is 11.3 Å². The molecule has 0 spiro atoms. The molecule has 0 unspecified atom stereocenters. The van der Waals surface area contributed by atoms with Crippen molar-refractivity contribution in [1.82, 2.24) is 19.1 Å². The van der Waals surface area contributed by atoms with E-state index in [0.717, 1.165) is 9.13 Å². The maximum atomic E-state index is 13.0. The highest BCUT2D eigenvalue weighted by atomic mass is 16.6. The van der Waals surface area contributed by atoms with Crippen molar-refractivity contribution < 1.29 is 52.0 Å². The minimum atomic E-state index is -1.02. The zero-order valence-electron chi connectivity index (χ0n) is 25.1. The number of rotatable bonds is 9. The molecule has 1 N–H and O–H groups in total. The lowest BCUT2D eigenvalue weighted by Gasteiger charge is -2.17. The van der Waals surface area contributed by atoms with Crippen molar-refractivity contribution in [2.75, 3.05) is 13.2 Å². The molecular formula is C28H30N4O14. The van der Waals surface area contributed by atoms with Crippen LogP contribution in [0.15, 0.2) is 37.3 Å². The molecule has 6 atom stereocenters. The smallest absolute Gasteiger partial charge is 0.353 e. The van der Waals surface area contributed by atoms with Crippen LogP contribution >= 0.6 is 0 Å². The normalized spacial score (nSPS) is 24.1. The number of hydrogen-bond donors (Lipinski definition) is 1. The number of fused-ring (bicyclic) bond motifs is 1. The van der Waals surface area contributed by atoms with E-state index in [0.29, 0.717) is 0 Å². The van der Waals surface area contributed by atoms with Crippen LogP contribution < -0.4 is 16.9 Å². The van der Waals surface area contributed by atoms with E-state index < -0.39 is 77.7 Å². The molecule has 3 aromatic rings. The summed E-state index contributed by atoms with van der Waals surface area (Å²) in [6.07, 6.45) is -2.70. The van der Waals surface area contributed by atoms with Crippen LogP contribution in [0.25, 0.3) is 22.4 Å². The monoisotopic (exact) mass is 646 g/mol. The lowest BCUT2D eigenvalue weighted by atomic mass is 10.2. The first-order chi connectivity index (χ1) is 21.8. The van der Waals surface area contributed by atoms with E-state index in [1.807, 2.05) is 0 Å². The molecule has 0 aliphatic carbocycles. The Morgan fingerprint density at radius 1 is 0.826 bits per heavy atom. The van der Waals surface area contributed by atoms with Gasteiger partial charge in [0.2, 0.25) is 5.71 Å². The average Bonchev–Trinajstić information content (AvgIpc) is 3.66. The van der Waals surface area contributed by atoms with Crippen LogP contribution in [0, 0.1) is 0 Å². The number of H-pyrrole nitrogens is 1. The molecule has 3 aromatic heterocycles. The predicted molar refractivity (Wildman–Crippen MR) is 150 cm³/mol. The number of aromatic amines is 1. The van der Waals surface area contributed by atoms with Crippen LogP contribution in [0.5, 0.6) is 0 Å². The largest absolute Gasteiger partial charge is 0.463 e. The Bertz CT molecular complexity index is 1850. The van der Waals surface area contributed by atoms with Crippen LogP contribution in [-0.4, -0.2) is 80.6 Å². The average molecular weight is 647 g/mol. The second-order valence-corrected chi connectivity index (χ2v) is 10.6. The van der Waals surface area contributed by atoms with Crippen LogP contribution in [0.2, 0.25) is 0 Å². The molecule has 0 saturated carbocycles. The molecule has 0 amide bonds. The highest BCUT2D eigenvalue weighted by Gasteiger charge is 2.41. The van der Waals surface area contributed by atoms with Gasteiger partial charge >= 0.3 is 35.3 Å². The number of hydrogen-bond acceptors (Lipinski definition) is 15. The summed E-state index contributed by atoms with van der Waals surface area (Å²) < 4.78 is 40.3. The molecular weight excluding hydrogens is 616 g/mol. The SMILES string of the molecule is CC(=O)OC[C@H]1O[C@@H](n2cc3cc(-c4cn([C@H]5C[C@H](OC(C)=O)[C@@H](COC(C)=O)O5)c(=O)[nH]c4=O)oc3nc2=O)C[C@@H]1OC(C)=O. The van der Waals surface area contributed by atoms with Crippen LogP contribution in [0.4, 0.5) is 0 Å². The van der Waals surface area contributed by atoms with Crippen molar-refractivity contribution in [3.63, 3.8) is 0 Å². The molecule has 2 fully saturated rings. The van der Waals surface area contributed by atoms with Crippen molar-refractivity contribution >= 4 is 35.0 Å². The van der Waals surface area contributed by atoms with Gasteiger partial charge in [0, 0.05) is 52.9 Å². The fourth-order valence-electron chi connectivity index (χ4n) is 5.25. The van der Waals surface area contributed by atoms with Gasteiger partial charge in [0.1, 0.15) is 55.8 Å². The standard InChI is InChI=1S/C28H30N4O14/c1-12(33)40-10-21-19(42-14(3)35)6-23(44-21)31-8-16-5-18(46-26(16)30-28(31)39)17-9-32(27(38)29-25(17)37)24-7-20(43-15(4)36)22(45-24)11-41-13(2)34/h5,8-9,19-24H,6-7,10-11H2,1-4H3,(H,29,37,38)/t19-,20-,21+,22+,23+,24+/m0/s1. The van der Waals surface area contributed by atoms with Gasteiger partial charge in [-0.05, 0) is 6.07 Å². The number of nitrogens with zero attached hydrogens (tertiary/aromatic N) is 3. The van der Waals surface area contributed by atoms with Gasteiger partial charge in [-0.1, -0.05) is 0 Å². The third kappa shape index (κ3) is 7.07. The van der Waals surface area contributed by atoms with Crippen LogP contribution in [0.3, 0.4) is 0 Å². The third-order valence-corrected chi connectivity index (χ3v) is 7.19. The zero-order chi connectivity index (χ0) is 33.3. The number of furan rings is 1. The van der Waals surface area contributed by atoms with E-state index in [-0.39, 0.29) is 48.5 Å². The Kier molecular flexibility index (Phi) is 9.19. The Labute approximate surface area is 258 Å². The summed E-state index contributed by atoms with van der Waals surface area (Å²) >= 11 is 0. The quantitative estimate of drug-likeness (QED) is 0.240. The predicted octanol–water partition coefficient (Wildman–Crippen LogP) is 0.0711. The lowest BCUT2D eigenvalue weighted by molar-refractivity contribution is -0.157. The molecule has 2 saturated heterocycles. The topological polar surface area (TPSA) is 227 Å². The molecule has 18 heteroatoms. The Morgan fingerprint density at radius 2 is 1.37 bits per heavy atom. The first-order valence-corrected chi connectivity index (χ1v) is 14.1. The van der Waals surface area contributed by atoms with Gasteiger partial charge in [0.25, 0.3) is 5.56 Å². The Morgan fingerprint density at radius 3 is 1.89 bits per heavy atom. The Balaban J connectivity index is 1.43. The highest BCUT2D eigenvalue weighted by Crippen LogP contribution is 2.33. The molecule has 0 radical (unpaired) electrons. The number of ether oxygens (including phenoxy) is 6. The van der Waals surface area contributed by atoms with E-state index in [4.69, 9.17) is 32.8 Å². The summed E-state index contributed by atoms with van der Waals surface area (Å²) in [6.45, 7) is 4.39. The Hall–Kier alpha value is -5.10. The molecule has 0 bridgehead atoms. The summed E-state index contributed by atoms with van der Waals surface area (Å²) in [7, 11) is 0. The second kappa shape index (κ2) is 13.1. The zero-order valence-corrected chi connectivity index (χ0v) is 25.1. The molecule has 5 heterocycles. The van der Waals surface area contributed by atoms with Gasteiger partial charge in [0.15, 0.2) is 0 Å². The number of esters is 4. The van der Waals surface area contributed by atoms with E-state index >= 15 is 0 Å². The van der Waals surface area contributed by atoms with E-state index in [2.05, 4.69) is 9.97 Å². The first-order valence-electron chi connectivity index (χ1n) is 14.1. The van der Waals surface area contributed by atoms with Gasteiger partial charge in [-0.3, -0.25) is 38.1 Å². The molecule has 18 nitrogen and oxygen atoms in total. The number of carbonyl (C=O) groups is 4. The summed E-state index contributed by atoms with van der Waals surface area (Å²) in [4.78, 5) is 90.7. The number of nitrogens with one attached hydrogen (secondary N) is 1. The summed E-state index contributed by atoms with van der Waals surface area (Å²) in [5.41, 5.74) is -2.64. The van der Waals surface area contributed by atoms with Crippen molar-refractivity contribution in [2.24, 2.45) is 0 Å². The highest BCUT2D eigenvalue weighted by molar-refractivity contribution is 5.78. The fourth-order valence-corrected chi connectivity index (χ4v) is 5.25. The maximum absolute atomic E-state index is 13.0. The van der Waals surface area contributed by atoms with E-state index in [9.17, 15) is 33.6 Å². The fraction of sp³-hybridized carbons (Fsp3) is 0.500. The molecule has 2 aliphatic heterocycles. The summed E-state index contributed by atoms with van der Waals surface area (Å²) in [5, 5.41) is 0.288. The van der Waals surface area contributed by atoms with Gasteiger partial charge < -0.3 is 32.8 Å². The lowest BCUT2D eigenvalue weighted by Crippen LogP contribution is -2.33. The van der Waals surface area contributed by atoms with Crippen LogP contribution in [0.1, 0.15) is 53.0 Å². The van der Waals surface area contributed by atoms with Crippen LogP contribution in [-0.2, 0) is 47.6 Å². The first kappa shape index (κ1) is 32.3. The second-order valence-electron chi connectivity index (χ2n) is 10.6. The van der Waals surface area contributed by atoms with Gasteiger partial charge in [-0.2, -0.15) is 4.98 Å². The molecule has 5 rings (SSSR count). The van der Waals surface area contributed by atoms with Crippen molar-refractivity contribution in [2.45, 2.75) is 77.4 Å². The number of aromatic nitrogens is 4. The van der Waals surface area contributed by atoms with E-state index in [1.54, 1.807) is 0 Å². The van der Waals surface area contributed by atoms with Crippen molar-refractivity contribution in [3.05, 3.63) is 49.8 Å². The summed E-state index contributed by atoms with van der Waals surface area (Å²) in [5.74, 6) is -2.38. The minimum absolute atomic E-state index is 0.00626.